The number of carbonyl (C=O) groups is 2. The summed E-state index contributed by atoms with van der Waals surface area (Å²) in [5.41, 5.74) is 7.43. The molecule has 7 heteroatoms. The fourth-order valence-corrected chi connectivity index (χ4v) is 2.77. The fraction of sp³-hybridized carbons (Fsp3) is 0.529. The molecule has 1 aromatic rings. The predicted molar refractivity (Wildman–Crippen MR) is 96.6 cm³/mol. The van der Waals surface area contributed by atoms with Crippen LogP contribution in [0.15, 0.2) is 18.2 Å². The number of nitrogens with zero attached hydrogens (tertiary/aromatic N) is 1. The molecule has 24 heavy (non-hydrogen) atoms. The van der Waals surface area contributed by atoms with E-state index in [2.05, 4.69) is 5.32 Å². The topological polar surface area (TPSA) is 84.7 Å². The molecule has 0 aliphatic carbocycles. The molecule has 1 aromatic carbocycles. The molecular formula is C17H26ClN3O3. The highest BCUT2D eigenvalue weighted by molar-refractivity contribution is 5.98. The summed E-state index contributed by atoms with van der Waals surface area (Å²) < 4.78 is 5.33. The number of anilines is 1. The van der Waals surface area contributed by atoms with Crippen LogP contribution in [-0.2, 0) is 9.53 Å². The molecule has 6 nitrogen and oxygen atoms in total. The lowest BCUT2D eigenvalue weighted by atomic mass is 9.79. The lowest BCUT2D eigenvalue weighted by molar-refractivity contribution is -0.130. The highest BCUT2D eigenvalue weighted by atomic mass is 35.5. The van der Waals surface area contributed by atoms with Gasteiger partial charge in [0.15, 0.2) is 0 Å². The molecule has 0 aromatic heterocycles. The van der Waals surface area contributed by atoms with E-state index in [9.17, 15) is 9.59 Å². The van der Waals surface area contributed by atoms with Crippen molar-refractivity contribution in [3.8, 4) is 0 Å². The van der Waals surface area contributed by atoms with E-state index in [1.165, 1.54) is 4.90 Å². The molecule has 3 N–H and O–H groups in total. The van der Waals surface area contributed by atoms with Crippen LogP contribution in [-0.4, -0.2) is 50.6 Å². The monoisotopic (exact) mass is 355 g/mol. The van der Waals surface area contributed by atoms with Crippen molar-refractivity contribution in [3.63, 3.8) is 0 Å². The Morgan fingerprint density at radius 3 is 2.42 bits per heavy atom. The van der Waals surface area contributed by atoms with Crippen molar-refractivity contribution >= 4 is 29.9 Å². The van der Waals surface area contributed by atoms with Gasteiger partial charge in [-0.15, -0.1) is 12.4 Å². The van der Waals surface area contributed by atoms with Gasteiger partial charge in [0.2, 0.25) is 5.91 Å². The first kappa shape index (κ1) is 20.4. The van der Waals surface area contributed by atoms with Crippen molar-refractivity contribution in [3.05, 3.63) is 29.3 Å². The van der Waals surface area contributed by atoms with E-state index in [-0.39, 0.29) is 24.2 Å². The van der Waals surface area contributed by atoms with Crippen LogP contribution in [0.2, 0.25) is 0 Å². The maximum atomic E-state index is 12.6. The molecule has 0 bridgehead atoms. The van der Waals surface area contributed by atoms with Gasteiger partial charge in [0.05, 0.1) is 5.41 Å². The molecule has 2 amide bonds. The van der Waals surface area contributed by atoms with Crippen LogP contribution in [0.5, 0.6) is 0 Å². The zero-order valence-electron chi connectivity index (χ0n) is 14.4. The largest absolute Gasteiger partial charge is 0.381 e. The number of aryl methyl sites for hydroxylation is 1. The maximum absolute atomic E-state index is 12.6. The first-order chi connectivity index (χ1) is 10.9. The Morgan fingerprint density at radius 1 is 1.29 bits per heavy atom. The molecule has 2 rings (SSSR count). The maximum Gasteiger partial charge on any atom is 0.253 e. The normalized spacial score (nSPS) is 16.0. The van der Waals surface area contributed by atoms with Gasteiger partial charge in [0.25, 0.3) is 5.91 Å². The Hall–Kier alpha value is -1.63. The van der Waals surface area contributed by atoms with Crippen LogP contribution in [0.1, 0.15) is 28.8 Å². The molecule has 0 atom stereocenters. The molecule has 1 heterocycles. The minimum atomic E-state index is -0.565. The van der Waals surface area contributed by atoms with Gasteiger partial charge in [-0.25, -0.2) is 0 Å². The minimum Gasteiger partial charge on any atom is -0.381 e. The standard InChI is InChI=1S/C17H25N3O3.ClH/c1-12-10-13(4-5-14(12)15(21)20(2)3)19-16(22)17(11-18)6-8-23-9-7-17;/h4-5,10H,6-9,11,18H2,1-3H3,(H,19,22);1H. The molecular weight excluding hydrogens is 330 g/mol. The first-order valence-corrected chi connectivity index (χ1v) is 7.81. The molecule has 0 radical (unpaired) electrons. The van der Waals surface area contributed by atoms with Crippen LogP contribution in [0.25, 0.3) is 0 Å². The van der Waals surface area contributed by atoms with Gasteiger partial charge in [0, 0.05) is 45.1 Å². The average molecular weight is 356 g/mol. The van der Waals surface area contributed by atoms with Gasteiger partial charge in [-0.3, -0.25) is 9.59 Å². The SMILES string of the molecule is Cc1cc(NC(=O)C2(CN)CCOCC2)ccc1C(=O)N(C)C.Cl. The molecule has 1 fully saturated rings. The van der Waals surface area contributed by atoms with Crippen molar-refractivity contribution in [1.82, 2.24) is 4.90 Å². The van der Waals surface area contributed by atoms with Gasteiger partial charge < -0.3 is 20.7 Å². The average Bonchev–Trinajstić information content (AvgIpc) is 2.54. The second-order valence-electron chi connectivity index (χ2n) is 6.28. The fourth-order valence-electron chi connectivity index (χ4n) is 2.77. The van der Waals surface area contributed by atoms with Crippen molar-refractivity contribution in [1.29, 1.82) is 0 Å². The zero-order chi connectivity index (χ0) is 17.0. The Bertz CT molecular complexity index is 599. The van der Waals surface area contributed by atoms with Gasteiger partial charge in [-0.1, -0.05) is 0 Å². The van der Waals surface area contributed by atoms with Crippen molar-refractivity contribution < 1.29 is 14.3 Å². The number of hydrogen-bond acceptors (Lipinski definition) is 4. The van der Waals surface area contributed by atoms with Gasteiger partial charge >= 0.3 is 0 Å². The molecule has 134 valence electrons. The molecule has 1 saturated heterocycles. The van der Waals surface area contributed by atoms with E-state index in [4.69, 9.17) is 10.5 Å². The summed E-state index contributed by atoms with van der Waals surface area (Å²) in [6, 6.07) is 5.32. The summed E-state index contributed by atoms with van der Waals surface area (Å²) in [6.07, 6.45) is 1.26. The number of nitrogens with one attached hydrogen (secondary N) is 1. The van der Waals surface area contributed by atoms with Crippen molar-refractivity contribution in [2.24, 2.45) is 11.1 Å². The Balaban J connectivity index is 0.00000288. The summed E-state index contributed by atoms with van der Waals surface area (Å²) in [6.45, 7) is 3.28. The summed E-state index contributed by atoms with van der Waals surface area (Å²) in [5, 5.41) is 2.94. The number of benzene rings is 1. The summed E-state index contributed by atoms with van der Waals surface area (Å²) in [4.78, 5) is 26.2. The molecule has 0 unspecified atom stereocenters. The zero-order valence-corrected chi connectivity index (χ0v) is 15.2. The number of amides is 2. The summed E-state index contributed by atoms with van der Waals surface area (Å²) in [5.74, 6) is -0.127. The summed E-state index contributed by atoms with van der Waals surface area (Å²) >= 11 is 0. The van der Waals surface area contributed by atoms with Crippen LogP contribution in [0.4, 0.5) is 5.69 Å². The van der Waals surface area contributed by atoms with Crippen LogP contribution in [0, 0.1) is 12.3 Å². The predicted octanol–water partition coefficient (Wildman–Crippen LogP) is 1.81. The second kappa shape index (κ2) is 8.46. The van der Waals surface area contributed by atoms with E-state index < -0.39 is 5.41 Å². The lowest BCUT2D eigenvalue weighted by Gasteiger charge is -2.34. The van der Waals surface area contributed by atoms with E-state index in [0.717, 1.165) is 5.56 Å². The third-order valence-electron chi connectivity index (χ3n) is 4.44. The second-order valence-corrected chi connectivity index (χ2v) is 6.28. The lowest BCUT2D eigenvalue weighted by Crippen LogP contribution is -2.46. The van der Waals surface area contributed by atoms with Gasteiger partial charge in [-0.05, 0) is 43.5 Å². The smallest absolute Gasteiger partial charge is 0.253 e. The Kier molecular flexibility index (Phi) is 7.20. The van der Waals surface area contributed by atoms with Gasteiger partial charge in [-0.2, -0.15) is 0 Å². The molecule has 0 saturated carbocycles. The van der Waals surface area contributed by atoms with Crippen molar-refractivity contribution in [2.75, 3.05) is 39.2 Å². The number of ether oxygens (including phenoxy) is 1. The van der Waals surface area contributed by atoms with Crippen molar-refractivity contribution in [2.45, 2.75) is 19.8 Å². The Morgan fingerprint density at radius 2 is 1.92 bits per heavy atom. The third-order valence-corrected chi connectivity index (χ3v) is 4.44. The number of nitrogens with two attached hydrogens (primary N) is 1. The molecule has 0 spiro atoms. The molecule has 1 aliphatic heterocycles. The minimum absolute atomic E-state index is 0. The van der Waals surface area contributed by atoms with E-state index in [0.29, 0.717) is 43.9 Å². The summed E-state index contributed by atoms with van der Waals surface area (Å²) in [7, 11) is 3.43. The van der Waals surface area contributed by atoms with E-state index in [1.807, 2.05) is 13.0 Å². The number of rotatable bonds is 4. The van der Waals surface area contributed by atoms with Crippen LogP contribution < -0.4 is 11.1 Å². The first-order valence-electron chi connectivity index (χ1n) is 7.81. The number of hydrogen-bond donors (Lipinski definition) is 2. The van der Waals surface area contributed by atoms with E-state index in [1.54, 1.807) is 26.2 Å². The van der Waals surface area contributed by atoms with Gasteiger partial charge in [0.1, 0.15) is 0 Å². The highest BCUT2D eigenvalue weighted by Crippen LogP contribution is 2.31. The quantitative estimate of drug-likeness (QED) is 0.862. The number of carbonyl (C=O) groups excluding carboxylic acids is 2. The Labute approximate surface area is 149 Å². The third kappa shape index (κ3) is 4.26. The van der Waals surface area contributed by atoms with Crippen LogP contribution in [0.3, 0.4) is 0 Å². The number of halogens is 1. The van der Waals surface area contributed by atoms with E-state index >= 15 is 0 Å². The van der Waals surface area contributed by atoms with Crippen LogP contribution >= 0.6 is 12.4 Å². The molecule has 1 aliphatic rings. The highest BCUT2D eigenvalue weighted by Gasteiger charge is 2.38.